The zero-order chi connectivity index (χ0) is 27.4. The second-order valence-electron chi connectivity index (χ2n) is 11.2. The molecule has 0 bridgehead atoms. The van der Waals surface area contributed by atoms with Gasteiger partial charge in [-0.05, 0) is 53.0 Å². The van der Waals surface area contributed by atoms with Gasteiger partial charge in [0.15, 0.2) is 0 Å². The molecule has 0 N–H and O–H groups in total. The maximum atomic E-state index is 4.46. The second kappa shape index (κ2) is 16.9. The molecule has 0 unspecified atom stereocenters. The molecule has 5 nitrogen and oxygen atoms in total. The van der Waals surface area contributed by atoms with Crippen LogP contribution in [-0.2, 0) is 0 Å². The highest BCUT2D eigenvalue weighted by atomic mass is 14.9. The molecule has 206 valence electrons. The van der Waals surface area contributed by atoms with Crippen LogP contribution in [0, 0.1) is 0 Å². The molecule has 0 amide bonds. The van der Waals surface area contributed by atoms with Gasteiger partial charge in [-0.1, -0.05) is 90.5 Å². The van der Waals surface area contributed by atoms with Crippen LogP contribution in [0.25, 0.3) is 0 Å². The Hall–Kier alpha value is -2.69. The Morgan fingerprint density at radius 2 is 0.946 bits per heavy atom. The number of hydrogen-bond acceptors (Lipinski definition) is 5. The van der Waals surface area contributed by atoms with Gasteiger partial charge in [0.2, 0.25) is 0 Å². The van der Waals surface area contributed by atoms with Crippen LogP contribution in [0.15, 0.2) is 43.0 Å². The molecule has 3 aromatic rings. The zero-order valence-electron chi connectivity index (χ0n) is 24.7. The topological polar surface area (TPSA) is 64.5 Å². The van der Waals surface area contributed by atoms with Crippen molar-refractivity contribution in [3.63, 3.8) is 0 Å². The average Bonchev–Trinajstić information content (AvgIpc) is 2.85. The van der Waals surface area contributed by atoms with E-state index in [-0.39, 0.29) is 7.43 Å². The third-order valence-electron chi connectivity index (χ3n) is 5.74. The predicted octanol–water partition coefficient (Wildman–Crippen LogP) is 9.41. The molecule has 5 heteroatoms. The molecule has 0 saturated heterocycles. The number of hydrogen-bond donors (Lipinski definition) is 0. The van der Waals surface area contributed by atoms with Crippen molar-refractivity contribution in [2.24, 2.45) is 0 Å². The Labute approximate surface area is 228 Å². The summed E-state index contributed by atoms with van der Waals surface area (Å²) in [6, 6.07) is 6.28. The Balaban J connectivity index is 0.000000518. The number of pyridine rings is 1. The molecule has 0 atom stereocenters. The van der Waals surface area contributed by atoms with E-state index in [4.69, 9.17) is 0 Å². The van der Waals surface area contributed by atoms with E-state index in [0.29, 0.717) is 35.5 Å². The maximum Gasteiger partial charge on any atom is 0.131 e. The summed E-state index contributed by atoms with van der Waals surface area (Å²) in [5.41, 5.74) is 4.92. The average molecular weight is 508 g/mol. The lowest BCUT2D eigenvalue weighted by atomic mass is 10.0. The van der Waals surface area contributed by atoms with Crippen LogP contribution in [0.4, 0.5) is 0 Å². The molecule has 0 radical (unpaired) electrons. The summed E-state index contributed by atoms with van der Waals surface area (Å²) in [6.45, 7) is 25.8. The molecule has 3 heterocycles. The van der Waals surface area contributed by atoms with Gasteiger partial charge >= 0.3 is 0 Å². The Bertz CT molecular complexity index is 877. The molecule has 3 rings (SSSR count). The Kier molecular flexibility index (Phi) is 15.7. The highest BCUT2D eigenvalue weighted by Crippen LogP contribution is 2.18. The van der Waals surface area contributed by atoms with Crippen LogP contribution in [-0.4, -0.2) is 24.9 Å². The van der Waals surface area contributed by atoms with E-state index in [2.05, 4.69) is 120 Å². The third kappa shape index (κ3) is 12.4. The summed E-state index contributed by atoms with van der Waals surface area (Å²) in [5.74, 6) is 4.86. The fourth-order valence-corrected chi connectivity index (χ4v) is 3.07. The smallest absolute Gasteiger partial charge is 0.131 e. The number of nitrogens with zero attached hydrogens (tertiary/aromatic N) is 5. The summed E-state index contributed by atoms with van der Waals surface area (Å²) in [4.78, 5) is 21.6. The monoisotopic (exact) mass is 507 g/mol. The lowest BCUT2D eigenvalue weighted by Crippen LogP contribution is -2.01. The van der Waals surface area contributed by atoms with Crippen molar-refractivity contribution in [3.05, 3.63) is 77.2 Å². The largest absolute Gasteiger partial charge is 0.261 e. The van der Waals surface area contributed by atoms with Crippen molar-refractivity contribution in [2.45, 2.75) is 126 Å². The quantitative estimate of drug-likeness (QED) is 0.332. The first-order valence-electron chi connectivity index (χ1n) is 13.4. The minimum absolute atomic E-state index is 0. The fraction of sp³-hybridized carbons (Fsp3) is 0.594. The Morgan fingerprint density at radius 1 is 0.459 bits per heavy atom. The first kappa shape index (κ1) is 34.3. The van der Waals surface area contributed by atoms with Crippen molar-refractivity contribution in [3.8, 4) is 0 Å². The summed E-state index contributed by atoms with van der Waals surface area (Å²) < 4.78 is 0. The molecule has 0 aliphatic carbocycles. The first-order valence-corrected chi connectivity index (χ1v) is 13.4. The molecule has 0 aliphatic rings. The van der Waals surface area contributed by atoms with Crippen LogP contribution in [0.2, 0.25) is 0 Å². The summed E-state index contributed by atoms with van der Waals surface area (Å²) in [6.07, 6.45) is 7.60. The molecule has 3 aromatic heterocycles. The fourth-order valence-electron chi connectivity index (χ4n) is 3.07. The predicted molar refractivity (Wildman–Crippen MR) is 160 cm³/mol. The van der Waals surface area contributed by atoms with Gasteiger partial charge in [0.1, 0.15) is 11.6 Å². The Morgan fingerprint density at radius 3 is 1.38 bits per heavy atom. The number of aromatic nitrogens is 5. The van der Waals surface area contributed by atoms with Crippen molar-refractivity contribution >= 4 is 0 Å². The van der Waals surface area contributed by atoms with Crippen LogP contribution in [0.1, 0.15) is 160 Å². The molecule has 0 saturated carbocycles. The van der Waals surface area contributed by atoms with E-state index in [1.165, 1.54) is 16.8 Å². The highest BCUT2D eigenvalue weighted by Gasteiger charge is 2.06. The van der Waals surface area contributed by atoms with Crippen molar-refractivity contribution in [1.82, 2.24) is 24.9 Å². The zero-order valence-corrected chi connectivity index (χ0v) is 24.7. The molecule has 0 fully saturated rings. The van der Waals surface area contributed by atoms with E-state index in [9.17, 15) is 0 Å². The van der Waals surface area contributed by atoms with Crippen molar-refractivity contribution in [2.75, 3.05) is 0 Å². The van der Waals surface area contributed by atoms with Gasteiger partial charge in [-0.3, -0.25) is 4.98 Å². The molecular weight excluding hydrogens is 454 g/mol. The lowest BCUT2D eigenvalue weighted by molar-refractivity contribution is 0.729. The van der Waals surface area contributed by atoms with E-state index < -0.39 is 0 Å². The molecule has 0 aliphatic heterocycles. The molecule has 0 spiro atoms. The second-order valence-corrected chi connectivity index (χ2v) is 11.2. The molecular formula is C32H53N5. The maximum absolute atomic E-state index is 4.46. The standard InChI is InChI=1S/C11H17N.2C10H16N2.CH4/c1-8(2)10-5-6-12-11(7-10)9(3)4;1-7(2)9-5-11-10(8(3)4)12-6-9;1-7(2)9-5-6-11-10(12-9)8(3)4;/h5-9H,1-4H3;2*5-8H,1-4H3;1H4. The van der Waals surface area contributed by atoms with Gasteiger partial charge in [-0.2, -0.15) is 0 Å². The van der Waals surface area contributed by atoms with E-state index >= 15 is 0 Å². The van der Waals surface area contributed by atoms with Gasteiger partial charge < -0.3 is 0 Å². The van der Waals surface area contributed by atoms with E-state index in [1.54, 1.807) is 0 Å². The van der Waals surface area contributed by atoms with Gasteiger partial charge in [-0.15, -0.1) is 0 Å². The van der Waals surface area contributed by atoms with Gasteiger partial charge in [0.25, 0.3) is 0 Å². The van der Waals surface area contributed by atoms with Crippen LogP contribution in [0.5, 0.6) is 0 Å². The van der Waals surface area contributed by atoms with E-state index in [1.807, 2.05) is 30.9 Å². The van der Waals surface area contributed by atoms with Crippen LogP contribution in [0.3, 0.4) is 0 Å². The van der Waals surface area contributed by atoms with E-state index in [0.717, 1.165) is 17.3 Å². The molecule has 0 aromatic carbocycles. The minimum Gasteiger partial charge on any atom is -0.261 e. The minimum atomic E-state index is 0. The normalized spacial score (nSPS) is 10.9. The van der Waals surface area contributed by atoms with Crippen molar-refractivity contribution < 1.29 is 0 Å². The summed E-state index contributed by atoms with van der Waals surface area (Å²) >= 11 is 0. The number of rotatable bonds is 6. The van der Waals surface area contributed by atoms with Gasteiger partial charge in [0, 0.05) is 48.0 Å². The van der Waals surface area contributed by atoms with Gasteiger partial charge in [-0.25, -0.2) is 19.9 Å². The lowest BCUT2D eigenvalue weighted by Gasteiger charge is -2.08. The molecule has 37 heavy (non-hydrogen) atoms. The van der Waals surface area contributed by atoms with Crippen LogP contribution >= 0.6 is 0 Å². The van der Waals surface area contributed by atoms with Gasteiger partial charge in [0.05, 0.1) is 0 Å². The summed E-state index contributed by atoms with van der Waals surface area (Å²) in [7, 11) is 0. The summed E-state index contributed by atoms with van der Waals surface area (Å²) in [5, 5.41) is 0. The first-order chi connectivity index (χ1) is 16.8. The SMILES string of the molecule is C.CC(C)c1ccnc(C(C)C)c1.CC(C)c1ccnc(C(C)C)n1.CC(C)c1cnc(C(C)C)nc1. The van der Waals surface area contributed by atoms with Crippen LogP contribution < -0.4 is 0 Å². The van der Waals surface area contributed by atoms with Crippen molar-refractivity contribution in [1.29, 1.82) is 0 Å². The highest BCUT2D eigenvalue weighted by molar-refractivity contribution is 5.21. The third-order valence-corrected chi connectivity index (χ3v) is 5.74.